The van der Waals surface area contributed by atoms with Gasteiger partial charge in [0, 0.05) is 22.7 Å². The maximum Gasteiger partial charge on any atom is 0.410 e. The van der Waals surface area contributed by atoms with Crippen LogP contribution in [-0.4, -0.2) is 31.4 Å². The van der Waals surface area contributed by atoms with Crippen molar-refractivity contribution in [2.75, 3.05) is 0 Å². The number of carbonyl (C=O) groups excluding carboxylic acids is 1. The van der Waals surface area contributed by atoms with Gasteiger partial charge in [-0.05, 0) is 45.0 Å². The van der Waals surface area contributed by atoms with Gasteiger partial charge in [0.25, 0.3) is 0 Å². The Bertz CT molecular complexity index is 1300. The highest BCUT2D eigenvalue weighted by atomic mass is 35.5. The van der Waals surface area contributed by atoms with Crippen LogP contribution >= 0.6 is 11.6 Å². The molecule has 0 atom stereocenters. The number of fused-ring (bicyclic) bond motifs is 2. The Labute approximate surface area is 191 Å². The number of benzene rings is 2. The summed E-state index contributed by atoms with van der Waals surface area (Å²) in [5.41, 5.74) is 5.04. The first-order valence-electron chi connectivity index (χ1n) is 10.5. The summed E-state index contributed by atoms with van der Waals surface area (Å²) in [7, 11) is 0. The third kappa shape index (κ3) is 3.94. The summed E-state index contributed by atoms with van der Waals surface area (Å²) in [5.74, 6) is 0. The van der Waals surface area contributed by atoms with Gasteiger partial charge in [0.05, 0.1) is 40.7 Å². The molecule has 0 aliphatic carbocycles. The number of halogens is 1. The average Bonchev–Trinajstić information content (AvgIpc) is 3.32. The van der Waals surface area contributed by atoms with E-state index >= 15 is 0 Å². The molecule has 0 N–H and O–H groups in total. The van der Waals surface area contributed by atoms with Crippen molar-refractivity contribution in [3.63, 3.8) is 0 Å². The van der Waals surface area contributed by atoms with Crippen molar-refractivity contribution in [2.45, 2.75) is 39.5 Å². The summed E-state index contributed by atoms with van der Waals surface area (Å²) in [5, 5.41) is 6.31. The predicted octanol–water partition coefficient (Wildman–Crippen LogP) is 5.99. The van der Waals surface area contributed by atoms with Gasteiger partial charge in [0.15, 0.2) is 0 Å². The Morgan fingerprint density at radius 3 is 2.53 bits per heavy atom. The molecule has 0 saturated carbocycles. The molecule has 3 heterocycles. The lowest BCUT2D eigenvalue weighted by molar-refractivity contribution is 0.0239. The zero-order valence-corrected chi connectivity index (χ0v) is 18.9. The first kappa shape index (κ1) is 20.5. The molecule has 1 amide bonds. The van der Waals surface area contributed by atoms with Crippen molar-refractivity contribution in [2.24, 2.45) is 0 Å². The molecule has 0 fully saturated rings. The number of pyridine rings is 1. The molecule has 0 unspecified atom stereocenters. The lowest BCUT2D eigenvalue weighted by atomic mass is 10.1. The molecule has 2 aromatic carbocycles. The SMILES string of the molecule is CC(C)(C)OC(=O)N1Cc2cn(-c3ccc(-c4cc(Cl)c5ccccc5n4)cc3)nc2C1. The molecule has 6 nitrogen and oxygen atoms in total. The van der Waals surface area contributed by atoms with Gasteiger partial charge in [-0.3, -0.25) is 4.90 Å². The quantitative estimate of drug-likeness (QED) is 0.379. The van der Waals surface area contributed by atoms with E-state index in [9.17, 15) is 4.79 Å². The Morgan fingerprint density at radius 1 is 1.06 bits per heavy atom. The van der Waals surface area contributed by atoms with E-state index in [1.165, 1.54) is 0 Å². The standard InChI is InChI=1S/C25H23ClN4O2/c1-25(2,3)32-24(31)29-13-17-14-30(28-23(17)15-29)18-10-8-16(9-11-18)22-12-20(26)19-6-4-5-7-21(19)27-22/h4-12,14H,13,15H2,1-3H3. The van der Waals surface area contributed by atoms with Crippen molar-refractivity contribution in [1.29, 1.82) is 0 Å². The number of hydrogen-bond donors (Lipinski definition) is 0. The van der Waals surface area contributed by atoms with Gasteiger partial charge in [-0.2, -0.15) is 5.10 Å². The zero-order chi connectivity index (χ0) is 22.5. The maximum atomic E-state index is 12.3. The van der Waals surface area contributed by atoms with E-state index < -0.39 is 5.60 Å². The van der Waals surface area contributed by atoms with Gasteiger partial charge in [-0.1, -0.05) is 41.9 Å². The third-order valence-electron chi connectivity index (χ3n) is 5.32. The molecule has 1 aliphatic rings. The van der Waals surface area contributed by atoms with Crippen molar-refractivity contribution in [3.05, 3.63) is 77.1 Å². The average molecular weight is 447 g/mol. The largest absolute Gasteiger partial charge is 0.444 e. The minimum atomic E-state index is -0.511. The van der Waals surface area contributed by atoms with Crippen LogP contribution in [-0.2, 0) is 17.8 Å². The molecule has 5 rings (SSSR count). The highest BCUT2D eigenvalue weighted by molar-refractivity contribution is 6.35. The number of para-hydroxylation sites is 1. The van der Waals surface area contributed by atoms with Crippen LogP contribution in [0.4, 0.5) is 4.79 Å². The monoisotopic (exact) mass is 446 g/mol. The summed E-state index contributed by atoms with van der Waals surface area (Å²) in [4.78, 5) is 18.7. The Morgan fingerprint density at radius 2 is 1.81 bits per heavy atom. The molecule has 32 heavy (non-hydrogen) atoms. The summed E-state index contributed by atoms with van der Waals surface area (Å²) in [6.07, 6.45) is 1.66. The Balaban J connectivity index is 1.35. The maximum absolute atomic E-state index is 12.3. The van der Waals surface area contributed by atoms with Crippen molar-refractivity contribution >= 4 is 28.6 Å². The molecule has 1 aliphatic heterocycles. The predicted molar refractivity (Wildman–Crippen MR) is 125 cm³/mol. The van der Waals surface area contributed by atoms with Gasteiger partial charge >= 0.3 is 6.09 Å². The first-order valence-corrected chi connectivity index (χ1v) is 10.9. The fourth-order valence-corrected chi connectivity index (χ4v) is 4.07. The van der Waals surface area contributed by atoms with E-state index in [0.29, 0.717) is 18.1 Å². The molecular formula is C25H23ClN4O2. The number of carbonyl (C=O) groups is 1. The van der Waals surface area contributed by atoms with E-state index in [-0.39, 0.29) is 6.09 Å². The van der Waals surface area contributed by atoms with Crippen LogP contribution in [0.1, 0.15) is 32.0 Å². The van der Waals surface area contributed by atoms with Crippen molar-refractivity contribution in [1.82, 2.24) is 19.7 Å². The van der Waals surface area contributed by atoms with Crippen LogP contribution in [0.5, 0.6) is 0 Å². The van der Waals surface area contributed by atoms with E-state index in [0.717, 1.165) is 39.1 Å². The van der Waals surface area contributed by atoms with E-state index in [2.05, 4.69) is 5.10 Å². The summed E-state index contributed by atoms with van der Waals surface area (Å²) >= 11 is 6.46. The van der Waals surface area contributed by atoms with Crippen molar-refractivity contribution < 1.29 is 9.53 Å². The number of aromatic nitrogens is 3. The van der Waals surface area contributed by atoms with Gasteiger partial charge in [-0.25, -0.2) is 14.5 Å². The normalized spacial score (nSPS) is 13.4. The molecule has 0 bridgehead atoms. The minimum Gasteiger partial charge on any atom is -0.444 e. The van der Waals surface area contributed by atoms with Crippen LogP contribution in [0.3, 0.4) is 0 Å². The molecule has 0 spiro atoms. The minimum absolute atomic E-state index is 0.312. The number of amides is 1. The van der Waals surface area contributed by atoms with Gasteiger partial charge < -0.3 is 4.74 Å². The number of nitrogens with zero attached hydrogens (tertiary/aromatic N) is 4. The highest BCUT2D eigenvalue weighted by Crippen LogP contribution is 2.29. The smallest absolute Gasteiger partial charge is 0.410 e. The number of hydrogen-bond acceptors (Lipinski definition) is 4. The van der Waals surface area contributed by atoms with Crippen LogP contribution in [0.15, 0.2) is 60.8 Å². The van der Waals surface area contributed by atoms with Crippen LogP contribution in [0, 0.1) is 0 Å². The lowest BCUT2D eigenvalue weighted by Crippen LogP contribution is -2.33. The van der Waals surface area contributed by atoms with Crippen LogP contribution in [0.25, 0.3) is 27.8 Å². The fraction of sp³-hybridized carbons (Fsp3) is 0.240. The van der Waals surface area contributed by atoms with Gasteiger partial charge in [-0.15, -0.1) is 0 Å². The zero-order valence-electron chi connectivity index (χ0n) is 18.2. The molecule has 0 radical (unpaired) electrons. The molecule has 162 valence electrons. The molecule has 7 heteroatoms. The van der Waals surface area contributed by atoms with E-state index in [4.69, 9.17) is 21.3 Å². The summed E-state index contributed by atoms with van der Waals surface area (Å²) in [6.45, 7) is 6.55. The molecular weight excluding hydrogens is 424 g/mol. The first-order chi connectivity index (χ1) is 15.3. The third-order valence-corrected chi connectivity index (χ3v) is 5.64. The highest BCUT2D eigenvalue weighted by Gasteiger charge is 2.30. The van der Waals surface area contributed by atoms with Gasteiger partial charge in [0.2, 0.25) is 0 Å². The molecule has 4 aromatic rings. The second kappa shape index (κ2) is 7.64. The molecule has 0 saturated heterocycles. The van der Waals surface area contributed by atoms with Crippen LogP contribution in [0.2, 0.25) is 5.02 Å². The van der Waals surface area contributed by atoms with Crippen molar-refractivity contribution in [3.8, 4) is 16.9 Å². The Hall–Kier alpha value is -3.38. The summed E-state index contributed by atoms with van der Waals surface area (Å²) < 4.78 is 7.31. The Kier molecular flexibility index (Phi) is 4.90. The summed E-state index contributed by atoms with van der Waals surface area (Å²) in [6, 6.07) is 17.8. The topological polar surface area (TPSA) is 60.2 Å². The second-order valence-corrected chi connectivity index (χ2v) is 9.34. The van der Waals surface area contributed by atoms with Gasteiger partial charge in [0.1, 0.15) is 5.60 Å². The fourth-order valence-electron chi connectivity index (χ4n) is 3.81. The number of rotatable bonds is 2. The number of ether oxygens (including phenoxy) is 1. The van der Waals surface area contributed by atoms with E-state index in [1.54, 1.807) is 4.90 Å². The lowest BCUT2D eigenvalue weighted by Gasteiger charge is -2.24. The van der Waals surface area contributed by atoms with E-state index in [1.807, 2.05) is 86.2 Å². The second-order valence-electron chi connectivity index (χ2n) is 8.94. The van der Waals surface area contributed by atoms with Crippen LogP contribution < -0.4 is 0 Å². The molecule has 2 aromatic heterocycles.